The summed E-state index contributed by atoms with van der Waals surface area (Å²) in [7, 11) is -9.97. The topological polar surface area (TPSA) is 149 Å². The first-order valence-corrected chi connectivity index (χ1v) is 10.9. The van der Waals surface area contributed by atoms with E-state index in [1.165, 1.54) is 18.2 Å². The van der Waals surface area contributed by atoms with Gasteiger partial charge < -0.3 is 9.11 Å². The van der Waals surface area contributed by atoms with Gasteiger partial charge in [-0.3, -0.25) is 9.59 Å². The Morgan fingerprint density at radius 1 is 0.800 bits per heavy atom. The summed E-state index contributed by atoms with van der Waals surface area (Å²) in [4.78, 5) is 22.2. The smallest absolute Gasteiger partial charge is 0.744 e. The fourth-order valence-electron chi connectivity index (χ4n) is 2.70. The van der Waals surface area contributed by atoms with Crippen LogP contribution in [-0.2, 0) is 20.2 Å². The predicted molar refractivity (Wildman–Crippen MR) is 97.0 cm³/mol. The fourth-order valence-corrected chi connectivity index (χ4v) is 4.18. The molecular formula is C18H16Na2O8S2. The van der Waals surface area contributed by atoms with Crippen molar-refractivity contribution < 1.29 is 94.6 Å². The summed E-state index contributed by atoms with van der Waals surface area (Å²) in [5.41, 5.74) is -0.357. The molecule has 0 aliphatic rings. The SMILES string of the molecule is CCCC(=O)c1ccc(-c2ccc(C(C)=O)c(S(=O)(=O)[O-])c2)cc1S(=O)(=O)[O-].[Na+].[Na+]. The second-order valence-electron chi connectivity index (χ2n) is 6.06. The number of Topliss-reactive ketones (excluding diaryl/α,β-unsaturated/α-hetero) is 2. The normalized spacial score (nSPS) is 11.2. The minimum Gasteiger partial charge on any atom is -0.744 e. The van der Waals surface area contributed by atoms with Gasteiger partial charge >= 0.3 is 59.1 Å². The van der Waals surface area contributed by atoms with Crippen molar-refractivity contribution in [2.45, 2.75) is 36.5 Å². The van der Waals surface area contributed by atoms with Gasteiger partial charge in [0.25, 0.3) is 0 Å². The van der Waals surface area contributed by atoms with Crippen molar-refractivity contribution in [1.82, 2.24) is 0 Å². The molecule has 2 aromatic rings. The molecule has 0 heterocycles. The van der Waals surface area contributed by atoms with Crippen molar-refractivity contribution in [1.29, 1.82) is 0 Å². The Hall–Kier alpha value is -0.400. The van der Waals surface area contributed by atoms with Crippen molar-refractivity contribution in [3.8, 4) is 11.1 Å². The summed E-state index contributed by atoms with van der Waals surface area (Å²) in [6, 6.07) is 6.84. The van der Waals surface area contributed by atoms with Crippen molar-refractivity contribution in [2.75, 3.05) is 0 Å². The van der Waals surface area contributed by atoms with Gasteiger partial charge in [0, 0.05) is 17.5 Å². The van der Waals surface area contributed by atoms with Crippen LogP contribution < -0.4 is 59.1 Å². The summed E-state index contributed by atoms with van der Waals surface area (Å²) in [5.74, 6) is -1.15. The van der Waals surface area contributed by atoms with Crippen LogP contribution in [0.4, 0.5) is 0 Å². The zero-order valence-electron chi connectivity index (χ0n) is 17.0. The number of carbonyl (C=O) groups is 2. The van der Waals surface area contributed by atoms with Crippen LogP contribution in [0, 0.1) is 0 Å². The fraction of sp³-hybridized carbons (Fsp3) is 0.222. The Kier molecular flexibility index (Phi) is 11.3. The number of benzene rings is 2. The summed E-state index contributed by atoms with van der Waals surface area (Å²) in [6.45, 7) is 2.82. The van der Waals surface area contributed by atoms with Crippen LogP contribution in [-0.4, -0.2) is 37.5 Å². The largest absolute Gasteiger partial charge is 1.00 e. The summed E-state index contributed by atoms with van der Waals surface area (Å²) >= 11 is 0. The Labute approximate surface area is 219 Å². The third-order valence-electron chi connectivity index (χ3n) is 3.99. The average Bonchev–Trinajstić information content (AvgIpc) is 2.59. The maximum absolute atomic E-state index is 12.1. The first-order chi connectivity index (χ1) is 12.9. The molecule has 0 aromatic heterocycles. The standard InChI is InChI=1S/C18H18O8S2.2Na/c1-3-4-16(20)15-8-6-13(10-18(15)28(24,25)26)12-5-7-14(11(2)19)17(9-12)27(21,22)23;;/h5-10H,3-4H2,1-2H3,(H,21,22,23)(H,24,25,26);;/q;2*+1/p-2. The van der Waals surface area contributed by atoms with Crippen LogP contribution in [0.25, 0.3) is 11.1 Å². The molecule has 2 aromatic carbocycles. The Bertz CT molecular complexity index is 1170. The number of carbonyl (C=O) groups excluding carboxylic acids is 2. The number of hydrogen-bond acceptors (Lipinski definition) is 8. The van der Waals surface area contributed by atoms with E-state index in [2.05, 4.69) is 0 Å². The molecule has 0 aliphatic heterocycles. The molecule has 30 heavy (non-hydrogen) atoms. The predicted octanol–water partition coefficient (Wildman–Crippen LogP) is -3.64. The monoisotopic (exact) mass is 470 g/mol. The number of ketones is 2. The van der Waals surface area contributed by atoms with Crippen LogP contribution >= 0.6 is 0 Å². The van der Waals surface area contributed by atoms with Crippen LogP contribution in [0.3, 0.4) is 0 Å². The molecule has 0 bridgehead atoms. The Morgan fingerprint density at radius 2 is 1.20 bits per heavy atom. The second-order valence-corrected chi connectivity index (χ2v) is 8.76. The van der Waals surface area contributed by atoms with Gasteiger partial charge in [0.05, 0.1) is 9.79 Å². The van der Waals surface area contributed by atoms with E-state index in [4.69, 9.17) is 0 Å². The molecule has 0 fully saturated rings. The van der Waals surface area contributed by atoms with Gasteiger partial charge in [-0.05, 0) is 48.7 Å². The first-order valence-electron chi connectivity index (χ1n) is 8.10. The van der Waals surface area contributed by atoms with Crippen LogP contribution in [0.5, 0.6) is 0 Å². The molecule has 0 saturated carbocycles. The molecule has 12 heteroatoms. The van der Waals surface area contributed by atoms with E-state index < -0.39 is 41.6 Å². The van der Waals surface area contributed by atoms with E-state index in [0.717, 1.165) is 25.1 Å². The molecule has 2 rings (SSSR count). The van der Waals surface area contributed by atoms with Gasteiger partial charge in [-0.25, -0.2) is 16.8 Å². The Balaban J connectivity index is 0.00000420. The molecule has 0 unspecified atom stereocenters. The Morgan fingerprint density at radius 3 is 1.57 bits per heavy atom. The van der Waals surface area contributed by atoms with Crippen molar-refractivity contribution >= 4 is 31.8 Å². The molecule has 0 amide bonds. The number of hydrogen-bond donors (Lipinski definition) is 0. The molecule has 0 saturated heterocycles. The summed E-state index contributed by atoms with van der Waals surface area (Å²) in [5, 5.41) is 0. The molecule has 150 valence electrons. The van der Waals surface area contributed by atoms with Crippen molar-refractivity contribution in [3.63, 3.8) is 0 Å². The van der Waals surface area contributed by atoms with Gasteiger partial charge in [0.1, 0.15) is 20.2 Å². The number of rotatable bonds is 7. The molecule has 0 atom stereocenters. The third kappa shape index (κ3) is 7.06. The molecule has 0 aliphatic carbocycles. The van der Waals surface area contributed by atoms with Crippen molar-refractivity contribution in [2.24, 2.45) is 0 Å². The van der Waals surface area contributed by atoms with Gasteiger partial charge in [-0.2, -0.15) is 0 Å². The molecule has 8 nitrogen and oxygen atoms in total. The zero-order valence-corrected chi connectivity index (χ0v) is 22.6. The first kappa shape index (κ1) is 29.6. The van der Waals surface area contributed by atoms with Gasteiger partial charge in [-0.15, -0.1) is 0 Å². The molecular weight excluding hydrogens is 454 g/mol. The van der Waals surface area contributed by atoms with E-state index in [1.54, 1.807) is 6.92 Å². The minimum absolute atomic E-state index is 0. The third-order valence-corrected chi connectivity index (χ3v) is 5.74. The van der Waals surface area contributed by atoms with Crippen molar-refractivity contribution in [3.05, 3.63) is 47.5 Å². The van der Waals surface area contributed by atoms with E-state index in [9.17, 15) is 35.5 Å². The molecule has 0 spiro atoms. The van der Waals surface area contributed by atoms with Crippen LogP contribution in [0.15, 0.2) is 46.2 Å². The van der Waals surface area contributed by atoms with E-state index in [0.29, 0.717) is 6.42 Å². The maximum Gasteiger partial charge on any atom is 1.00 e. The van der Waals surface area contributed by atoms with E-state index in [-0.39, 0.29) is 87.8 Å². The van der Waals surface area contributed by atoms with Crippen LogP contribution in [0.1, 0.15) is 47.4 Å². The quantitative estimate of drug-likeness (QED) is 0.229. The second kappa shape index (κ2) is 11.5. The molecule has 0 N–H and O–H groups in total. The van der Waals surface area contributed by atoms with E-state index in [1.807, 2.05) is 0 Å². The van der Waals surface area contributed by atoms with Gasteiger partial charge in [0.15, 0.2) is 11.6 Å². The molecule has 0 radical (unpaired) electrons. The minimum atomic E-state index is -4.99. The average molecular weight is 470 g/mol. The summed E-state index contributed by atoms with van der Waals surface area (Å²) < 4.78 is 69.3. The zero-order chi connectivity index (χ0) is 21.3. The maximum atomic E-state index is 12.1. The summed E-state index contributed by atoms with van der Waals surface area (Å²) in [6.07, 6.45) is 0.504. The van der Waals surface area contributed by atoms with E-state index >= 15 is 0 Å². The van der Waals surface area contributed by atoms with Crippen LogP contribution in [0.2, 0.25) is 0 Å². The van der Waals surface area contributed by atoms with Gasteiger partial charge in [-0.1, -0.05) is 19.1 Å². The van der Waals surface area contributed by atoms with Gasteiger partial charge in [0.2, 0.25) is 0 Å².